The zero-order valence-electron chi connectivity index (χ0n) is 13.3. The van der Waals surface area contributed by atoms with Crippen LogP contribution in [0.3, 0.4) is 0 Å². The van der Waals surface area contributed by atoms with E-state index in [1.807, 2.05) is 11.8 Å². The van der Waals surface area contributed by atoms with Gasteiger partial charge in [0.1, 0.15) is 0 Å². The highest BCUT2D eigenvalue weighted by Gasteiger charge is 2.10. The van der Waals surface area contributed by atoms with Gasteiger partial charge in [-0.05, 0) is 42.5 Å². The zero-order valence-corrected chi connectivity index (χ0v) is 14.1. The van der Waals surface area contributed by atoms with Crippen LogP contribution < -0.4 is 5.32 Å². The van der Waals surface area contributed by atoms with E-state index < -0.39 is 0 Å². The quantitative estimate of drug-likeness (QED) is 0.714. The molecule has 0 aromatic heterocycles. The van der Waals surface area contributed by atoms with Gasteiger partial charge in [0.15, 0.2) is 0 Å². The molecule has 1 unspecified atom stereocenters. The normalized spacial score (nSPS) is 13.3. The predicted molar refractivity (Wildman–Crippen MR) is 87.9 cm³/mol. The highest BCUT2D eigenvalue weighted by molar-refractivity contribution is 8.00. The lowest BCUT2D eigenvalue weighted by Gasteiger charge is -2.17. The summed E-state index contributed by atoms with van der Waals surface area (Å²) < 4.78 is 0. The summed E-state index contributed by atoms with van der Waals surface area (Å²) in [5.41, 5.74) is 2.79. The van der Waals surface area contributed by atoms with Gasteiger partial charge < -0.3 is 5.32 Å². The zero-order chi connectivity index (χ0) is 14.4. The lowest BCUT2D eigenvalue weighted by atomic mass is 10.1. The van der Waals surface area contributed by atoms with Crippen molar-refractivity contribution in [2.75, 3.05) is 6.54 Å². The van der Waals surface area contributed by atoms with E-state index in [2.05, 4.69) is 65.1 Å². The third-order valence-corrected chi connectivity index (χ3v) is 5.00. The predicted octanol–water partition coefficient (Wildman–Crippen LogP) is 4.88. The Morgan fingerprint density at radius 1 is 1.11 bits per heavy atom. The molecule has 0 amide bonds. The summed E-state index contributed by atoms with van der Waals surface area (Å²) in [6.07, 6.45) is 0. The van der Waals surface area contributed by atoms with Crippen molar-refractivity contribution in [1.29, 1.82) is 0 Å². The Morgan fingerprint density at radius 2 is 1.79 bits per heavy atom. The molecule has 108 valence electrons. The van der Waals surface area contributed by atoms with Crippen molar-refractivity contribution in [3.05, 3.63) is 29.3 Å². The van der Waals surface area contributed by atoms with Crippen LogP contribution in [0.4, 0.5) is 0 Å². The Morgan fingerprint density at radius 3 is 2.32 bits per heavy atom. The smallest absolute Gasteiger partial charge is 0.0205 e. The fourth-order valence-electron chi connectivity index (χ4n) is 1.80. The summed E-state index contributed by atoms with van der Waals surface area (Å²) in [7, 11) is 0. The van der Waals surface area contributed by atoms with Crippen LogP contribution in [-0.4, -0.2) is 11.8 Å². The fourth-order valence-corrected chi connectivity index (χ4v) is 2.86. The van der Waals surface area contributed by atoms with E-state index in [0.29, 0.717) is 11.2 Å². The minimum Gasteiger partial charge on any atom is -0.312 e. The molecule has 1 nitrogen and oxygen atoms in total. The molecule has 0 aliphatic carbocycles. The van der Waals surface area contributed by atoms with Crippen LogP contribution in [0.5, 0.6) is 0 Å². The van der Waals surface area contributed by atoms with Crippen molar-refractivity contribution in [3.63, 3.8) is 0 Å². The van der Waals surface area contributed by atoms with Gasteiger partial charge in [-0.1, -0.05) is 46.8 Å². The molecule has 1 N–H and O–H groups in total. The second-order valence-electron chi connectivity index (χ2n) is 6.19. The average molecular weight is 279 g/mol. The van der Waals surface area contributed by atoms with Crippen molar-refractivity contribution in [2.45, 2.75) is 58.2 Å². The topological polar surface area (TPSA) is 12.0 Å². The van der Waals surface area contributed by atoms with Gasteiger partial charge in [0.25, 0.3) is 0 Å². The minimum atomic E-state index is 0.670. The SMILES string of the molecule is Cc1cc(CNCC(C)C)ccc1SC(C)C(C)C. The van der Waals surface area contributed by atoms with E-state index in [-0.39, 0.29) is 0 Å². The number of benzene rings is 1. The van der Waals surface area contributed by atoms with E-state index in [9.17, 15) is 0 Å². The first-order valence-electron chi connectivity index (χ1n) is 7.37. The van der Waals surface area contributed by atoms with Gasteiger partial charge >= 0.3 is 0 Å². The Labute approximate surface area is 123 Å². The van der Waals surface area contributed by atoms with E-state index in [0.717, 1.165) is 19.0 Å². The Hall–Kier alpha value is -0.470. The third-order valence-electron chi connectivity index (χ3n) is 3.37. The van der Waals surface area contributed by atoms with Gasteiger partial charge in [-0.2, -0.15) is 0 Å². The second-order valence-corrected chi connectivity index (χ2v) is 7.61. The van der Waals surface area contributed by atoms with E-state index >= 15 is 0 Å². The van der Waals surface area contributed by atoms with Crippen molar-refractivity contribution >= 4 is 11.8 Å². The van der Waals surface area contributed by atoms with Crippen LogP contribution in [0, 0.1) is 18.8 Å². The molecule has 0 aliphatic heterocycles. The maximum atomic E-state index is 3.50. The molecule has 2 heteroatoms. The number of thioether (sulfide) groups is 1. The molecule has 1 atom stereocenters. The minimum absolute atomic E-state index is 0.670. The molecule has 19 heavy (non-hydrogen) atoms. The number of hydrogen-bond donors (Lipinski definition) is 1. The molecule has 0 saturated carbocycles. The van der Waals surface area contributed by atoms with E-state index in [1.54, 1.807) is 0 Å². The lowest BCUT2D eigenvalue weighted by molar-refractivity contribution is 0.552. The van der Waals surface area contributed by atoms with Gasteiger partial charge in [-0.25, -0.2) is 0 Å². The standard InChI is InChI=1S/C17H29NS/c1-12(2)10-18-11-16-7-8-17(14(5)9-16)19-15(6)13(3)4/h7-9,12-13,15,18H,10-11H2,1-6H3. The van der Waals surface area contributed by atoms with Gasteiger partial charge in [-0.3, -0.25) is 0 Å². The summed E-state index contributed by atoms with van der Waals surface area (Å²) >= 11 is 2.00. The van der Waals surface area contributed by atoms with Crippen LogP contribution in [0.25, 0.3) is 0 Å². The number of aryl methyl sites for hydroxylation is 1. The first-order chi connectivity index (χ1) is 8.90. The van der Waals surface area contributed by atoms with Crippen molar-refractivity contribution < 1.29 is 0 Å². The Bertz CT molecular complexity index is 385. The van der Waals surface area contributed by atoms with Crippen LogP contribution in [0.2, 0.25) is 0 Å². The molecule has 1 aromatic rings. The van der Waals surface area contributed by atoms with Crippen molar-refractivity contribution in [2.24, 2.45) is 11.8 Å². The van der Waals surface area contributed by atoms with Gasteiger partial charge in [0.05, 0.1) is 0 Å². The molecule has 1 aromatic carbocycles. The lowest BCUT2D eigenvalue weighted by Crippen LogP contribution is -2.19. The highest BCUT2D eigenvalue weighted by atomic mass is 32.2. The van der Waals surface area contributed by atoms with Crippen LogP contribution in [-0.2, 0) is 6.54 Å². The molecule has 0 bridgehead atoms. The summed E-state index contributed by atoms with van der Waals surface area (Å²) in [5.74, 6) is 1.43. The fraction of sp³-hybridized carbons (Fsp3) is 0.647. The van der Waals surface area contributed by atoms with Crippen molar-refractivity contribution in [3.8, 4) is 0 Å². The summed E-state index contributed by atoms with van der Waals surface area (Å²) in [6, 6.07) is 6.86. The van der Waals surface area contributed by atoms with Crippen LogP contribution in [0.15, 0.2) is 23.1 Å². The molecule has 0 radical (unpaired) electrons. The molecule has 0 heterocycles. The average Bonchev–Trinajstić information content (AvgIpc) is 2.31. The number of rotatable bonds is 7. The summed E-state index contributed by atoms with van der Waals surface area (Å²) in [6.45, 7) is 15.7. The first-order valence-corrected chi connectivity index (χ1v) is 8.25. The third kappa shape index (κ3) is 6.01. The van der Waals surface area contributed by atoms with Gasteiger partial charge in [0, 0.05) is 16.7 Å². The van der Waals surface area contributed by atoms with Crippen LogP contribution in [0.1, 0.15) is 45.7 Å². The summed E-state index contributed by atoms with van der Waals surface area (Å²) in [5, 5.41) is 4.17. The van der Waals surface area contributed by atoms with E-state index in [1.165, 1.54) is 16.0 Å². The second kappa shape index (κ2) is 7.96. The van der Waals surface area contributed by atoms with Crippen molar-refractivity contribution in [1.82, 2.24) is 5.32 Å². The summed E-state index contributed by atoms with van der Waals surface area (Å²) in [4.78, 5) is 1.42. The number of hydrogen-bond acceptors (Lipinski definition) is 2. The maximum absolute atomic E-state index is 3.50. The van der Waals surface area contributed by atoms with Gasteiger partial charge in [0.2, 0.25) is 0 Å². The van der Waals surface area contributed by atoms with Gasteiger partial charge in [-0.15, -0.1) is 11.8 Å². The monoisotopic (exact) mass is 279 g/mol. The molecular formula is C17H29NS. The molecular weight excluding hydrogens is 250 g/mol. The number of nitrogens with one attached hydrogen (secondary N) is 1. The molecule has 0 aliphatic rings. The van der Waals surface area contributed by atoms with Crippen LogP contribution >= 0.6 is 11.8 Å². The largest absolute Gasteiger partial charge is 0.312 e. The molecule has 0 fully saturated rings. The molecule has 0 spiro atoms. The first kappa shape index (κ1) is 16.6. The Balaban J connectivity index is 2.59. The Kier molecular flexibility index (Phi) is 6.95. The van der Waals surface area contributed by atoms with E-state index in [4.69, 9.17) is 0 Å². The molecule has 0 saturated heterocycles. The highest BCUT2D eigenvalue weighted by Crippen LogP contribution is 2.30. The maximum Gasteiger partial charge on any atom is 0.0205 e. The molecule has 1 rings (SSSR count).